The molecule has 2 atom stereocenters. The van der Waals surface area contributed by atoms with Gasteiger partial charge in [0.05, 0.1) is 0 Å². The number of fused-ring (bicyclic) bond motifs is 3. The van der Waals surface area contributed by atoms with E-state index in [-0.39, 0.29) is 0 Å². The average Bonchev–Trinajstić information content (AvgIpc) is 2.61. The van der Waals surface area contributed by atoms with Gasteiger partial charge in [-0.15, -0.1) is 0 Å². The topological polar surface area (TPSA) is 28.2 Å². The second-order valence-corrected chi connectivity index (χ2v) is 6.85. The van der Waals surface area contributed by atoms with Gasteiger partial charge in [-0.05, 0) is 68.6 Å². The van der Waals surface area contributed by atoms with Crippen LogP contribution in [0, 0.1) is 17.6 Å². The van der Waals surface area contributed by atoms with Crippen LogP contribution in [0.3, 0.4) is 0 Å². The van der Waals surface area contributed by atoms with Crippen LogP contribution in [0.2, 0.25) is 0 Å². The predicted octanol–water partition coefficient (Wildman–Crippen LogP) is 3.92. The first-order chi connectivity index (χ1) is 11.6. The van der Waals surface area contributed by atoms with Crippen molar-refractivity contribution < 1.29 is 8.78 Å². The molecule has 1 aromatic heterocycles. The number of pyridine rings is 1. The number of rotatable bonds is 3. The highest BCUT2D eigenvalue weighted by molar-refractivity contribution is 5.63. The molecule has 0 saturated carbocycles. The summed E-state index contributed by atoms with van der Waals surface area (Å²) in [5, 5.41) is 3.57. The van der Waals surface area contributed by atoms with Crippen molar-refractivity contribution in [1.29, 1.82) is 0 Å². The molecule has 5 rings (SSSR count). The van der Waals surface area contributed by atoms with Crippen LogP contribution in [0.5, 0.6) is 0 Å². The SMILES string of the molecule is CC1C(Nc2ccc(-c3ccc(F)c(F)c3)cn2)C2CCN1CC2. The summed E-state index contributed by atoms with van der Waals surface area (Å²) in [6.45, 7) is 4.68. The Morgan fingerprint density at radius 2 is 1.79 bits per heavy atom. The van der Waals surface area contributed by atoms with E-state index in [0.717, 1.165) is 17.4 Å². The Labute approximate surface area is 140 Å². The highest BCUT2D eigenvalue weighted by atomic mass is 19.2. The van der Waals surface area contributed by atoms with E-state index in [0.29, 0.717) is 23.6 Å². The van der Waals surface area contributed by atoms with Crippen LogP contribution in [-0.4, -0.2) is 35.1 Å². The molecule has 3 aliphatic rings. The fourth-order valence-electron chi connectivity index (χ4n) is 4.04. The van der Waals surface area contributed by atoms with Gasteiger partial charge in [-0.2, -0.15) is 0 Å². The molecule has 4 heterocycles. The van der Waals surface area contributed by atoms with E-state index in [4.69, 9.17) is 0 Å². The smallest absolute Gasteiger partial charge is 0.159 e. The molecule has 5 heteroatoms. The van der Waals surface area contributed by atoms with Crippen molar-refractivity contribution in [2.45, 2.75) is 31.8 Å². The lowest BCUT2D eigenvalue weighted by Gasteiger charge is -2.50. The Bertz CT molecular complexity index is 722. The second-order valence-electron chi connectivity index (χ2n) is 6.85. The minimum atomic E-state index is -0.837. The molecular formula is C19H21F2N3. The number of nitrogens with one attached hydrogen (secondary N) is 1. The molecule has 0 amide bonds. The van der Waals surface area contributed by atoms with Gasteiger partial charge in [-0.1, -0.05) is 6.07 Å². The number of piperidine rings is 3. The van der Waals surface area contributed by atoms with Crippen molar-refractivity contribution in [2.24, 2.45) is 5.92 Å². The van der Waals surface area contributed by atoms with Crippen molar-refractivity contribution in [1.82, 2.24) is 9.88 Å². The normalized spacial score (nSPS) is 28.8. The zero-order valence-corrected chi connectivity index (χ0v) is 13.7. The fourth-order valence-corrected chi connectivity index (χ4v) is 4.04. The van der Waals surface area contributed by atoms with Crippen molar-refractivity contribution in [3.05, 3.63) is 48.2 Å². The van der Waals surface area contributed by atoms with Crippen LogP contribution < -0.4 is 5.32 Å². The van der Waals surface area contributed by atoms with Crippen molar-refractivity contribution >= 4 is 5.82 Å². The van der Waals surface area contributed by atoms with E-state index in [2.05, 4.69) is 22.1 Å². The van der Waals surface area contributed by atoms with Crippen LogP contribution >= 0.6 is 0 Å². The summed E-state index contributed by atoms with van der Waals surface area (Å²) in [6.07, 6.45) is 4.20. The third-order valence-corrected chi connectivity index (χ3v) is 5.51. The molecule has 1 aromatic carbocycles. The highest BCUT2D eigenvalue weighted by Gasteiger charge is 2.39. The zero-order chi connectivity index (χ0) is 16.7. The van der Waals surface area contributed by atoms with E-state index in [1.54, 1.807) is 12.3 Å². The van der Waals surface area contributed by atoms with E-state index >= 15 is 0 Å². The molecule has 3 nitrogen and oxygen atoms in total. The Kier molecular flexibility index (Phi) is 3.96. The fraction of sp³-hybridized carbons (Fsp3) is 0.421. The summed E-state index contributed by atoms with van der Waals surface area (Å²) < 4.78 is 26.4. The lowest BCUT2D eigenvalue weighted by Crippen LogP contribution is -2.59. The molecule has 3 saturated heterocycles. The Hall–Kier alpha value is -2.01. The van der Waals surface area contributed by atoms with Crippen LogP contribution in [0.25, 0.3) is 11.1 Å². The molecule has 126 valence electrons. The van der Waals surface area contributed by atoms with Crippen LogP contribution in [0.4, 0.5) is 14.6 Å². The first-order valence-corrected chi connectivity index (χ1v) is 8.54. The maximum atomic E-state index is 13.4. The highest BCUT2D eigenvalue weighted by Crippen LogP contribution is 2.34. The Morgan fingerprint density at radius 1 is 1.04 bits per heavy atom. The number of hydrogen-bond donors (Lipinski definition) is 1. The molecule has 3 fully saturated rings. The summed E-state index contributed by atoms with van der Waals surface area (Å²) in [5.41, 5.74) is 1.41. The van der Waals surface area contributed by atoms with Gasteiger partial charge in [-0.3, -0.25) is 4.90 Å². The van der Waals surface area contributed by atoms with Gasteiger partial charge >= 0.3 is 0 Å². The van der Waals surface area contributed by atoms with Gasteiger partial charge in [0.2, 0.25) is 0 Å². The maximum Gasteiger partial charge on any atom is 0.159 e. The van der Waals surface area contributed by atoms with E-state index < -0.39 is 11.6 Å². The molecule has 24 heavy (non-hydrogen) atoms. The molecule has 0 radical (unpaired) electrons. The molecule has 0 spiro atoms. The van der Waals surface area contributed by atoms with Gasteiger partial charge in [-0.25, -0.2) is 13.8 Å². The maximum absolute atomic E-state index is 13.4. The number of halogens is 2. The van der Waals surface area contributed by atoms with E-state index in [9.17, 15) is 8.78 Å². The summed E-state index contributed by atoms with van der Waals surface area (Å²) in [7, 11) is 0. The van der Waals surface area contributed by atoms with E-state index in [1.165, 1.54) is 32.0 Å². The largest absolute Gasteiger partial charge is 0.365 e. The van der Waals surface area contributed by atoms with Gasteiger partial charge in [0.15, 0.2) is 11.6 Å². The van der Waals surface area contributed by atoms with Gasteiger partial charge < -0.3 is 5.32 Å². The quantitative estimate of drug-likeness (QED) is 0.925. The van der Waals surface area contributed by atoms with Crippen LogP contribution in [-0.2, 0) is 0 Å². The molecule has 1 N–H and O–H groups in total. The number of anilines is 1. The summed E-state index contributed by atoms with van der Waals surface area (Å²) in [6, 6.07) is 8.67. The number of aromatic nitrogens is 1. The first-order valence-electron chi connectivity index (χ1n) is 8.54. The Morgan fingerprint density at radius 3 is 2.42 bits per heavy atom. The van der Waals surface area contributed by atoms with Gasteiger partial charge in [0.25, 0.3) is 0 Å². The lowest BCUT2D eigenvalue weighted by atomic mass is 9.79. The molecule has 2 unspecified atom stereocenters. The average molecular weight is 329 g/mol. The van der Waals surface area contributed by atoms with Gasteiger partial charge in [0.1, 0.15) is 5.82 Å². The molecule has 2 bridgehead atoms. The molecule has 3 aliphatic heterocycles. The van der Waals surface area contributed by atoms with Crippen LogP contribution in [0.1, 0.15) is 19.8 Å². The molecular weight excluding hydrogens is 308 g/mol. The van der Waals surface area contributed by atoms with E-state index in [1.807, 2.05) is 12.1 Å². The zero-order valence-electron chi connectivity index (χ0n) is 13.7. The monoisotopic (exact) mass is 329 g/mol. The van der Waals surface area contributed by atoms with Crippen molar-refractivity contribution in [3.8, 4) is 11.1 Å². The minimum Gasteiger partial charge on any atom is -0.365 e. The van der Waals surface area contributed by atoms with Crippen LogP contribution in [0.15, 0.2) is 36.5 Å². The standard InChI is InChI=1S/C19H21F2N3/c1-12-19(13-6-8-24(12)9-7-13)23-18-5-3-15(11-22-18)14-2-4-16(20)17(21)10-14/h2-5,10-13,19H,6-9H2,1H3,(H,22,23). The number of nitrogens with zero attached hydrogens (tertiary/aromatic N) is 2. The summed E-state index contributed by atoms with van der Waals surface area (Å²) >= 11 is 0. The summed E-state index contributed by atoms with van der Waals surface area (Å²) in [5.74, 6) is -0.123. The predicted molar refractivity (Wildman–Crippen MR) is 90.8 cm³/mol. The third kappa shape index (κ3) is 2.77. The molecule has 2 aromatic rings. The number of hydrogen-bond acceptors (Lipinski definition) is 3. The van der Waals surface area contributed by atoms with Crippen molar-refractivity contribution in [3.63, 3.8) is 0 Å². The number of benzene rings is 1. The Balaban J connectivity index is 1.50. The first kappa shape index (κ1) is 15.5. The van der Waals surface area contributed by atoms with Crippen molar-refractivity contribution in [2.75, 3.05) is 18.4 Å². The third-order valence-electron chi connectivity index (χ3n) is 5.51. The second kappa shape index (κ2) is 6.13. The minimum absolute atomic E-state index is 0.425. The molecule has 0 aliphatic carbocycles. The summed E-state index contributed by atoms with van der Waals surface area (Å²) in [4.78, 5) is 7.01. The lowest BCUT2D eigenvalue weighted by molar-refractivity contribution is 0.0457. The van der Waals surface area contributed by atoms with Gasteiger partial charge in [0, 0.05) is 23.8 Å².